The van der Waals surface area contributed by atoms with Gasteiger partial charge in [0.1, 0.15) is 11.3 Å². The van der Waals surface area contributed by atoms with Crippen LogP contribution < -0.4 is 4.74 Å². The van der Waals surface area contributed by atoms with Crippen molar-refractivity contribution in [2.75, 3.05) is 14.2 Å². The predicted molar refractivity (Wildman–Crippen MR) is 60.5 cm³/mol. The number of methoxy groups -OCH3 is 2. The van der Waals surface area contributed by atoms with Crippen LogP contribution in [0, 0.1) is 10.1 Å². The third-order valence-electron chi connectivity index (χ3n) is 2.19. The fraction of sp³-hybridized carbons (Fsp3) is 0.300. The Morgan fingerprint density at radius 1 is 1.47 bits per heavy atom. The van der Waals surface area contributed by atoms with E-state index in [1.807, 2.05) is 0 Å². The number of nitro groups is 1. The van der Waals surface area contributed by atoms with Gasteiger partial charge in [-0.2, -0.15) is 0 Å². The van der Waals surface area contributed by atoms with E-state index in [1.54, 1.807) is 0 Å². The molecular formula is C10H10ClNO5. The first kappa shape index (κ1) is 13.2. The van der Waals surface area contributed by atoms with Crippen LogP contribution in [0.2, 0.25) is 0 Å². The van der Waals surface area contributed by atoms with Gasteiger partial charge in [-0.15, -0.1) is 11.6 Å². The molecule has 0 unspecified atom stereocenters. The van der Waals surface area contributed by atoms with Crippen molar-refractivity contribution in [1.29, 1.82) is 0 Å². The number of halogens is 1. The highest BCUT2D eigenvalue weighted by Crippen LogP contribution is 2.32. The molecule has 1 rings (SSSR count). The minimum absolute atomic E-state index is 0.0146. The van der Waals surface area contributed by atoms with Crippen molar-refractivity contribution in [1.82, 2.24) is 0 Å². The molecule has 0 spiro atoms. The van der Waals surface area contributed by atoms with Gasteiger partial charge in [0.2, 0.25) is 0 Å². The molecule has 0 saturated heterocycles. The van der Waals surface area contributed by atoms with Crippen molar-refractivity contribution in [2.45, 2.75) is 5.88 Å². The molecule has 0 saturated carbocycles. The number of benzene rings is 1. The second kappa shape index (κ2) is 5.49. The number of hydrogen-bond donors (Lipinski definition) is 0. The lowest BCUT2D eigenvalue weighted by molar-refractivity contribution is -0.385. The molecular weight excluding hydrogens is 250 g/mol. The number of nitro benzene ring substituents is 1. The summed E-state index contributed by atoms with van der Waals surface area (Å²) < 4.78 is 9.52. The summed E-state index contributed by atoms with van der Waals surface area (Å²) in [6.45, 7) is 0. The van der Waals surface area contributed by atoms with Crippen LogP contribution in [-0.4, -0.2) is 25.1 Å². The van der Waals surface area contributed by atoms with E-state index in [4.69, 9.17) is 16.3 Å². The molecule has 0 aliphatic carbocycles. The highest BCUT2D eigenvalue weighted by molar-refractivity contribution is 6.18. The monoisotopic (exact) mass is 259 g/mol. The number of ether oxygens (including phenoxy) is 2. The van der Waals surface area contributed by atoms with Crippen LogP contribution in [-0.2, 0) is 10.6 Å². The van der Waals surface area contributed by atoms with Gasteiger partial charge in [0.25, 0.3) is 5.69 Å². The summed E-state index contributed by atoms with van der Waals surface area (Å²) in [5, 5.41) is 10.8. The maximum Gasteiger partial charge on any atom is 0.342 e. The molecule has 0 fully saturated rings. The quantitative estimate of drug-likeness (QED) is 0.358. The Labute approximate surface area is 102 Å². The highest BCUT2D eigenvalue weighted by atomic mass is 35.5. The average molecular weight is 260 g/mol. The molecule has 0 aliphatic heterocycles. The van der Waals surface area contributed by atoms with E-state index in [1.165, 1.54) is 26.4 Å². The van der Waals surface area contributed by atoms with Crippen molar-refractivity contribution in [3.05, 3.63) is 33.4 Å². The Morgan fingerprint density at radius 3 is 2.53 bits per heavy atom. The smallest absolute Gasteiger partial charge is 0.342 e. The Balaban J connectivity index is 3.54. The molecule has 6 nitrogen and oxygen atoms in total. The fourth-order valence-electron chi connectivity index (χ4n) is 1.42. The van der Waals surface area contributed by atoms with Gasteiger partial charge in [-0.1, -0.05) is 0 Å². The molecule has 0 radical (unpaired) electrons. The zero-order chi connectivity index (χ0) is 13.0. The van der Waals surface area contributed by atoms with Gasteiger partial charge in [-0.25, -0.2) is 4.79 Å². The molecule has 1 aromatic carbocycles. The van der Waals surface area contributed by atoms with Crippen LogP contribution in [0.3, 0.4) is 0 Å². The number of esters is 1. The molecule has 0 bridgehead atoms. The van der Waals surface area contributed by atoms with Gasteiger partial charge in [0.05, 0.1) is 30.6 Å². The lowest BCUT2D eigenvalue weighted by Crippen LogP contribution is -2.09. The molecule has 0 heterocycles. The van der Waals surface area contributed by atoms with E-state index in [2.05, 4.69) is 4.74 Å². The normalized spacial score (nSPS) is 9.82. The van der Waals surface area contributed by atoms with Crippen molar-refractivity contribution in [3.63, 3.8) is 0 Å². The van der Waals surface area contributed by atoms with E-state index in [0.29, 0.717) is 0 Å². The van der Waals surface area contributed by atoms with Crippen molar-refractivity contribution >= 4 is 23.3 Å². The largest absolute Gasteiger partial charge is 0.496 e. The van der Waals surface area contributed by atoms with E-state index in [0.717, 1.165) is 0 Å². The van der Waals surface area contributed by atoms with E-state index >= 15 is 0 Å². The Morgan fingerprint density at radius 2 is 2.12 bits per heavy atom. The fourth-order valence-corrected chi connectivity index (χ4v) is 1.69. The van der Waals surface area contributed by atoms with Crippen LogP contribution in [0.4, 0.5) is 5.69 Å². The van der Waals surface area contributed by atoms with Crippen LogP contribution in [0.5, 0.6) is 5.75 Å². The lowest BCUT2D eigenvalue weighted by atomic mass is 10.1. The van der Waals surface area contributed by atoms with Crippen molar-refractivity contribution in [3.8, 4) is 5.75 Å². The zero-order valence-electron chi connectivity index (χ0n) is 9.23. The first-order chi connectivity index (χ1) is 8.06. The van der Waals surface area contributed by atoms with Crippen molar-refractivity contribution < 1.29 is 19.2 Å². The Hall–Kier alpha value is -1.82. The first-order valence-electron chi connectivity index (χ1n) is 4.55. The first-order valence-corrected chi connectivity index (χ1v) is 5.08. The molecule has 0 amide bonds. The van der Waals surface area contributed by atoms with Crippen LogP contribution in [0.1, 0.15) is 15.9 Å². The van der Waals surface area contributed by atoms with Gasteiger partial charge >= 0.3 is 5.97 Å². The molecule has 0 aromatic heterocycles. The number of nitrogens with zero attached hydrogens (tertiary/aromatic N) is 1. The average Bonchev–Trinajstić information content (AvgIpc) is 2.35. The van der Waals surface area contributed by atoms with E-state index in [-0.39, 0.29) is 28.4 Å². The lowest BCUT2D eigenvalue weighted by Gasteiger charge is -2.10. The Kier molecular flexibility index (Phi) is 4.28. The zero-order valence-corrected chi connectivity index (χ0v) is 9.98. The van der Waals surface area contributed by atoms with Crippen molar-refractivity contribution in [2.24, 2.45) is 0 Å². The van der Waals surface area contributed by atoms with E-state index < -0.39 is 10.9 Å². The molecule has 92 valence electrons. The summed E-state index contributed by atoms with van der Waals surface area (Å²) in [5.74, 6) is -0.711. The van der Waals surface area contributed by atoms with Gasteiger partial charge in [0.15, 0.2) is 0 Å². The second-order valence-corrected chi connectivity index (χ2v) is 3.29. The van der Waals surface area contributed by atoms with E-state index in [9.17, 15) is 14.9 Å². The standard InChI is InChI=1S/C10H10ClNO5/c1-16-8-4-3-7(12(14)15)6(5-11)9(8)10(13)17-2/h3-4H,5H2,1-2H3. The second-order valence-electron chi connectivity index (χ2n) is 3.02. The molecule has 1 aromatic rings. The minimum Gasteiger partial charge on any atom is -0.496 e. The van der Waals surface area contributed by atoms with Crippen LogP contribution in [0.15, 0.2) is 12.1 Å². The number of rotatable bonds is 4. The molecule has 17 heavy (non-hydrogen) atoms. The van der Waals surface area contributed by atoms with Gasteiger partial charge in [-0.3, -0.25) is 10.1 Å². The number of alkyl halides is 1. The summed E-state index contributed by atoms with van der Waals surface area (Å²) in [6.07, 6.45) is 0. The summed E-state index contributed by atoms with van der Waals surface area (Å²) in [5.41, 5.74) is -0.164. The summed E-state index contributed by atoms with van der Waals surface area (Å²) >= 11 is 5.64. The molecule has 7 heteroatoms. The third kappa shape index (κ3) is 2.47. The molecule has 0 aliphatic rings. The molecule has 0 atom stereocenters. The third-order valence-corrected chi connectivity index (χ3v) is 2.46. The Bertz CT molecular complexity index is 460. The summed E-state index contributed by atoms with van der Waals surface area (Å²) in [7, 11) is 2.53. The number of carbonyl (C=O) groups is 1. The minimum atomic E-state index is -0.721. The number of carbonyl (C=O) groups excluding carboxylic acids is 1. The van der Waals surface area contributed by atoms with Gasteiger partial charge in [-0.05, 0) is 6.07 Å². The van der Waals surface area contributed by atoms with Gasteiger partial charge in [0, 0.05) is 6.07 Å². The predicted octanol–water partition coefficient (Wildman–Crippen LogP) is 2.13. The summed E-state index contributed by atoms with van der Waals surface area (Å²) in [6, 6.07) is 2.57. The van der Waals surface area contributed by atoms with Gasteiger partial charge < -0.3 is 9.47 Å². The summed E-state index contributed by atoms with van der Waals surface area (Å²) in [4.78, 5) is 21.8. The highest BCUT2D eigenvalue weighted by Gasteiger charge is 2.25. The van der Waals surface area contributed by atoms with Crippen LogP contribution >= 0.6 is 11.6 Å². The maximum atomic E-state index is 11.6. The molecule has 0 N–H and O–H groups in total. The maximum absolute atomic E-state index is 11.6. The SMILES string of the molecule is COC(=O)c1c(OC)ccc([N+](=O)[O-])c1CCl. The van der Waals surface area contributed by atoms with Crippen LogP contribution in [0.25, 0.3) is 0 Å². The topological polar surface area (TPSA) is 78.7 Å². The number of hydrogen-bond acceptors (Lipinski definition) is 5.